The molecule has 0 spiro atoms. The van der Waals surface area contributed by atoms with Crippen LogP contribution in [0.1, 0.15) is 0 Å². The smallest absolute Gasteiger partial charge is 0.261 e. The number of fused-ring (bicyclic) bond motifs is 3. The Kier molecular flexibility index (Phi) is 4.08. The fourth-order valence-corrected chi connectivity index (χ4v) is 3.82. The quantitative estimate of drug-likeness (QED) is 0.418. The summed E-state index contributed by atoms with van der Waals surface area (Å²) in [5.74, 6) is 0.952. The fourth-order valence-electron chi connectivity index (χ4n) is 3.33. The standard InChI is InChI=1S/C20H13Cl2N5O2/c1-27-14(15-8-23-9-29-15)7-10-5-6-13-18(16(10)19(27)28)26-20(24-13)25-17-11(21)3-2-4-12(17)22/h2-9H,1H3,(H2,24,25,26). The predicted molar refractivity (Wildman–Crippen MR) is 114 cm³/mol. The summed E-state index contributed by atoms with van der Waals surface area (Å²) in [5.41, 5.74) is 2.26. The summed E-state index contributed by atoms with van der Waals surface area (Å²) in [5, 5.41) is 5.29. The first-order valence-electron chi connectivity index (χ1n) is 8.65. The highest BCUT2D eigenvalue weighted by molar-refractivity contribution is 6.39. The number of hydrogen-bond donors (Lipinski definition) is 2. The maximum Gasteiger partial charge on any atom is 0.261 e. The number of hydrogen-bond acceptors (Lipinski definition) is 5. The fraction of sp³-hybridized carbons (Fsp3) is 0.0500. The zero-order valence-electron chi connectivity index (χ0n) is 15.0. The number of pyridine rings is 1. The number of benzene rings is 2. The Hall–Kier alpha value is -3.29. The molecule has 0 saturated carbocycles. The number of imidazole rings is 1. The van der Waals surface area contributed by atoms with Crippen molar-refractivity contribution >= 4 is 56.6 Å². The molecular weight excluding hydrogens is 413 g/mol. The van der Waals surface area contributed by atoms with Crippen molar-refractivity contribution in [2.45, 2.75) is 0 Å². The minimum absolute atomic E-state index is 0.187. The third kappa shape index (κ3) is 2.86. The van der Waals surface area contributed by atoms with E-state index in [0.29, 0.717) is 49.6 Å². The Morgan fingerprint density at radius 3 is 2.69 bits per heavy atom. The lowest BCUT2D eigenvalue weighted by molar-refractivity contribution is 0.565. The van der Waals surface area contributed by atoms with Gasteiger partial charge in [0.1, 0.15) is 5.52 Å². The molecule has 5 rings (SSSR count). The van der Waals surface area contributed by atoms with Crippen LogP contribution in [0, 0.1) is 0 Å². The van der Waals surface area contributed by atoms with Crippen LogP contribution in [0.3, 0.4) is 0 Å². The molecule has 144 valence electrons. The van der Waals surface area contributed by atoms with Crippen LogP contribution in [-0.4, -0.2) is 19.5 Å². The molecule has 0 bridgehead atoms. The third-order valence-corrected chi connectivity index (χ3v) is 5.38. The van der Waals surface area contributed by atoms with Crippen LogP contribution in [-0.2, 0) is 7.05 Å². The van der Waals surface area contributed by atoms with E-state index in [0.717, 1.165) is 5.39 Å². The van der Waals surface area contributed by atoms with Crippen molar-refractivity contribution in [3.63, 3.8) is 0 Å². The molecule has 0 radical (unpaired) electrons. The Morgan fingerprint density at radius 1 is 1.17 bits per heavy atom. The van der Waals surface area contributed by atoms with E-state index in [1.165, 1.54) is 11.0 Å². The Balaban J connectivity index is 1.69. The Morgan fingerprint density at radius 2 is 1.97 bits per heavy atom. The van der Waals surface area contributed by atoms with Crippen LogP contribution in [0.4, 0.5) is 11.6 Å². The number of para-hydroxylation sites is 1. The number of aromatic amines is 1. The molecule has 0 aliphatic heterocycles. The summed E-state index contributed by atoms with van der Waals surface area (Å²) >= 11 is 12.5. The first-order chi connectivity index (χ1) is 14.0. The van der Waals surface area contributed by atoms with Crippen molar-refractivity contribution in [3.05, 3.63) is 69.4 Å². The number of H-pyrrole nitrogens is 1. The van der Waals surface area contributed by atoms with Crippen molar-refractivity contribution in [1.29, 1.82) is 0 Å². The van der Waals surface area contributed by atoms with Gasteiger partial charge in [-0.25, -0.2) is 9.97 Å². The van der Waals surface area contributed by atoms with E-state index in [1.807, 2.05) is 18.2 Å². The van der Waals surface area contributed by atoms with Gasteiger partial charge < -0.3 is 19.3 Å². The zero-order chi connectivity index (χ0) is 20.1. The minimum atomic E-state index is -0.187. The molecule has 5 aromatic rings. The van der Waals surface area contributed by atoms with Crippen LogP contribution in [0.25, 0.3) is 33.3 Å². The number of nitrogens with zero attached hydrogens (tertiary/aromatic N) is 3. The molecule has 3 heterocycles. The summed E-state index contributed by atoms with van der Waals surface area (Å²) in [4.78, 5) is 24.8. The lowest BCUT2D eigenvalue weighted by atomic mass is 10.1. The molecule has 0 unspecified atom stereocenters. The first-order valence-corrected chi connectivity index (χ1v) is 9.41. The zero-order valence-corrected chi connectivity index (χ0v) is 16.5. The van der Waals surface area contributed by atoms with E-state index >= 15 is 0 Å². The van der Waals surface area contributed by atoms with Gasteiger partial charge in [0.15, 0.2) is 12.2 Å². The molecular formula is C20H13Cl2N5O2. The molecule has 7 nitrogen and oxygen atoms in total. The van der Waals surface area contributed by atoms with Gasteiger partial charge in [0, 0.05) is 7.05 Å². The molecule has 0 atom stereocenters. The number of aromatic nitrogens is 4. The van der Waals surface area contributed by atoms with Gasteiger partial charge in [0.25, 0.3) is 5.56 Å². The summed E-state index contributed by atoms with van der Waals surface area (Å²) in [6, 6.07) is 10.8. The average molecular weight is 426 g/mol. The van der Waals surface area contributed by atoms with E-state index in [9.17, 15) is 4.79 Å². The van der Waals surface area contributed by atoms with E-state index in [1.54, 1.807) is 31.4 Å². The van der Waals surface area contributed by atoms with Crippen LogP contribution in [0.15, 0.2) is 58.2 Å². The number of oxazole rings is 1. The number of halogens is 2. The normalized spacial score (nSPS) is 11.4. The van der Waals surface area contributed by atoms with Gasteiger partial charge in [-0.15, -0.1) is 0 Å². The Labute approximate surface area is 173 Å². The molecule has 0 fully saturated rings. The van der Waals surface area contributed by atoms with Gasteiger partial charge in [-0.2, -0.15) is 0 Å². The van der Waals surface area contributed by atoms with Crippen LogP contribution in [0.5, 0.6) is 0 Å². The van der Waals surface area contributed by atoms with Gasteiger partial charge in [-0.3, -0.25) is 4.79 Å². The summed E-state index contributed by atoms with van der Waals surface area (Å²) < 4.78 is 6.88. The second-order valence-electron chi connectivity index (χ2n) is 6.49. The van der Waals surface area contributed by atoms with Gasteiger partial charge in [-0.1, -0.05) is 35.3 Å². The maximum atomic E-state index is 13.1. The molecule has 0 amide bonds. The van der Waals surface area contributed by atoms with Gasteiger partial charge >= 0.3 is 0 Å². The molecule has 9 heteroatoms. The van der Waals surface area contributed by atoms with E-state index in [-0.39, 0.29) is 5.56 Å². The second-order valence-corrected chi connectivity index (χ2v) is 7.31. The predicted octanol–water partition coefficient (Wildman–Crippen LogP) is 5.12. The molecule has 2 N–H and O–H groups in total. The highest BCUT2D eigenvalue weighted by atomic mass is 35.5. The van der Waals surface area contributed by atoms with E-state index in [2.05, 4.69) is 20.3 Å². The van der Waals surface area contributed by atoms with Crippen LogP contribution < -0.4 is 10.9 Å². The Bertz CT molecular complexity index is 1420. The second kappa shape index (κ2) is 6.65. The molecule has 0 aliphatic carbocycles. The van der Waals surface area contributed by atoms with Crippen molar-refractivity contribution < 1.29 is 4.42 Å². The van der Waals surface area contributed by atoms with Crippen molar-refractivity contribution in [3.8, 4) is 11.5 Å². The van der Waals surface area contributed by atoms with Gasteiger partial charge in [0.05, 0.1) is 38.5 Å². The SMILES string of the molecule is Cn1c(-c2cnco2)cc2ccc3[nH]c(Nc4c(Cl)cccc4Cl)nc3c2c1=O. The maximum absolute atomic E-state index is 13.1. The average Bonchev–Trinajstić information content (AvgIpc) is 3.36. The molecule has 29 heavy (non-hydrogen) atoms. The number of nitrogens with one attached hydrogen (secondary N) is 2. The van der Waals surface area contributed by atoms with E-state index < -0.39 is 0 Å². The third-order valence-electron chi connectivity index (χ3n) is 4.75. The van der Waals surface area contributed by atoms with Crippen LogP contribution in [0.2, 0.25) is 10.0 Å². The lowest BCUT2D eigenvalue weighted by Crippen LogP contribution is -2.18. The lowest BCUT2D eigenvalue weighted by Gasteiger charge is -2.08. The topological polar surface area (TPSA) is 88.7 Å². The van der Waals surface area contributed by atoms with Gasteiger partial charge in [0.2, 0.25) is 5.95 Å². The van der Waals surface area contributed by atoms with Crippen molar-refractivity contribution in [1.82, 2.24) is 19.5 Å². The van der Waals surface area contributed by atoms with Crippen LogP contribution >= 0.6 is 23.2 Å². The monoisotopic (exact) mass is 425 g/mol. The first kappa shape index (κ1) is 17.8. The largest absolute Gasteiger partial charge is 0.442 e. The molecule has 2 aromatic carbocycles. The highest BCUT2D eigenvalue weighted by Crippen LogP contribution is 2.33. The van der Waals surface area contributed by atoms with Crippen molar-refractivity contribution in [2.24, 2.45) is 7.05 Å². The van der Waals surface area contributed by atoms with Gasteiger partial charge in [-0.05, 0) is 29.7 Å². The summed E-state index contributed by atoms with van der Waals surface area (Å²) in [6.07, 6.45) is 2.90. The summed E-state index contributed by atoms with van der Waals surface area (Å²) in [7, 11) is 1.69. The van der Waals surface area contributed by atoms with E-state index in [4.69, 9.17) is 27.6 Å². The highest BCUT2D eigenvalue weighted by Gasteiger charge is 2.16. The van der Waals surface area contributed by atoms with Crippen molar-refractivity contribution in [2.75, 3.05) is 5.32 Å². The number of anilines is 2. The minimum Gasteiger partial charge on any atom is -0.442 e. The molecule has 0 aliphatic rings. The molecule has 0 saturated heterocycles. The molecule has 3 aromatic heterocycles. The summed E-state index contributed by atoms with van der Waals surface area (Å²) in [6.45, 7) is 0. The number of rotatable bonds is 3.